The van der Waals surface area contributed by atoms with Crippen LogP contribution in [0.15, 0.2) is 12.1 Å². The van der Waals surface area contributed by atoms with E-state index >= 15 is 0 Å². The van der Waals surface area contributed by atoms with Crippen LogP contribution in [0.1, 0.15) is 47.6 Å². The molecule has 4 rings (SSSR count). The van der Waals surface area contributed by atoms with Crippen LogP contribution in [0.3, 0.4) is 0 Å². The molecule has 0 amide bonds. The molecule has 0 bridgehead atoms. The van der Waals surface area contributed by atoms with E-state index in [4.69, 9.17) is 21.3 Å². The van der Waals surface area contributed by atoms with Gasteiger partial charge in [-0.1, -0.05) is 11.6 Å². The highest BCUT2D eigenvalue weighted by atomic mass is 35.5. The fourth-order valence-electron chi connectivity index (χ4n) is 4.21. The quantitative estimate of drug-likeness (QED) is 0.841. The number of piperidine rings is 1. The summed E-state index contributed by atoms with van der Waals surface area (Å²) in [4.78, 5) is 12.6. The van der Waals surface area contributed by atoms with Crippen molar-refractivity contribution < 1.29 is 4.74 Å². The molecule has 5 nitrogen and oxygen atoms in total. The molecule has 26 heavy (non-hydrogen) atoms. The Hall–Kier alpha value is -1.21. The third-order valence-corrected chi connectivity index (χ3v) is 6.71. The SMILES string of the molecule is Cc1cc([C@@H]2C[C@]3(C[C@H](C)N2)OCCc2cc(Cl)sc23)nc(N(C)C)n1. The van der Waals surface area contributed by atoms with E-state index in [0.717, 1.165) is 47.5 Å². The number of ether oxygens (including phenoxy) is 1. The molecule has 1 N–H and O–H groups in total. The number of anilines is 1. The zero-order valence-electron chi connectivity index (χ0n) is 15.7. The number of thiophene rings is 1. The summed E-state index contributed by atoms with van der Waals surface area (Å²) in [6, 6.07) is 4.67. The maximum atomic E-state index is 6.43. The molecule has 4 heterocycles. The Morgan fingerprint density at radius 1 is 1.31 bits per heavy atom. The van der Waals surface area contributed by atoms with Crippen molar-refractivity contribution in [1.82, 2.24) is 15.3 Å². The summed E-state index contributed by atoms with van der Waals surface area (Å²) in [6.45, 7) is 5.00. The third kappa shape index (κ3) is 3.24. The van der Waals surface area contributed by atoms with Crippen LogP contribution in [0, 0.1) is 6.92 Å². The van der Waals surface area contributed by atoms with Crippen molar-refractivity contribution in [2.75, 3.05) is 25.6 Å². The third-order valence-electron chi connectivity index (χ3n) is 5.22. The van der Waals surface area contributed by atoms with Crippen molar-refractivity contribution in [1.29, 1.82) is 0 Å². The molecule has 0 radical (unpaired) electrons. The molecule has 1 spiro atoms. The van der Waals surface area contributed by atoms with Gasteiger partial charge in [-0.25, -0.2) is 9.97 Å². The number of aromatic nitrogens is 2. The van der Waals surface area contributed by atoms with Crippen molar-refractivity contribution in [3.05, 3.63) is 38.3 Å². The lowest BCUT2D eigenvalue weighted by Gasteiger charge is -2.46. The monoisotopic (exact) mass is 392 g/mol. The molecule has 2 aromatic heterocycles. The first kappa shape index (κ1) is 18.2. The van der Waals surface area contributed by atoms with Gasteiger partial charge in [0.05, 0.1) is 22.7 Å². The maximum Gasteiger partial charge on any atom is 0.225 e. The molecule has 0 saturated carbocycles. The second-order valence-corrected chi connectivity index (χ2v) is 9.34. The van der Waals surface area contributed by atoms with E-state index in [2.05, 4.69) is 29.4 Å². The number of aryl methyl sites for hydroxylation is 1. The van der Waals surface area contributed by atoms with E-state index in [1.165, 1.54) is 10.4 Å². The first-order valence-corrected chi connectivity index (χ1v) is 10.3. The predicted molar refractivity (Wildman–Crippen MR) is 106 cm³/mol. The Bertz CT molecular complexity index is 824. The normalized spacial score (nSPS) is 28.2. The van der Waals surface area contributed by atoms with Gasteiger partial charge < -0.3 is 15.0 Å². The highest BCUT2D eigenvalue weighted by molar-refractivity contribution is 7.16. The van der Waals surface area contributed by atoms with Gasteiger partial charge in [0.1, 0.15) is 5.60 Å². The number of hydrogen-bond acceptors (Lipinski definition) is 6. The van der Waals surface area contributed by atoms with E-state index in [1.54, 1.807) is 11.3 Å². The minimum absolute atomic E-state index is 0.131. The van der Waals surface area contributed by atoms with Crippen molar-refractivity contribution in [3.8, 4) is 0 Å². The van der Waals surface area contributed by atoms with Crippen LogP contribution in [0.2, 0.25) is 4.34 Å². The number of hydrogen-bond donors (Lipinski definition) is 1. The van der Waals surface area contributed by atoms with Crippen LogP contribution >= 0.6 is 22.9 Å². The molecule has 2 aromatic rings. The zero-order valence-corrected chi connectivity index (χ0v) is 17.2. The minimum Gasteiger partial charge on any atom is -0.369 e. The Labute approximate surface area is 163 Å². The molecule has 7 heteroatoms. The Morgan fingerprint density at radius 2 is 2.12 bits per heavy atom. The van der Waals surface area contributed by atoms with Crippen LogP contribution in [0.5, 0.6) is 0 Å². The minimum atomic E-state index is -0.266. The Balaban J connectivity index is 1.72. The number of nitrogens with zero attached hydrogens (tertiary/aromatic N) is 3. The van der Waals surface area contributed by atoms with E-state index in [0.29, 0.717) is 6.04 Å². The van der Waals surface area contributed by atoms with Crippen LogP contribution in [0.4, 0.5) is 5.95 Å². The van der Waals surface area contributed by atoms with Crippen LogP contribution in [-0.4, -0.2) is 36.7 Å². The molecule has 2 aliphatic heterocycles. The van der Waals surface area contributed by atoms with Gasteiger partial charge in [0.25, 0.3) is 0 Å². The van der Waals surface area contributed by atoms with Crippen molar-refractivity contribution in [2.24, 2.45) is 0 Å². The average Bonchev–Trinajstić information content (AvgIpc) is 2.96. The summed E-state index contributed by atoms with van der Waals surface area (Å²) in [7, 11) is 3.95. The van der Waals surface area contributed by atoms with E-state index in [9.17, 15) is 0 Å². The summed E-state index contributed by atoms with van der Waals surface area (Å²) >= 11 is 8.02. The fraction of sp³-hybridized carbons (Fsp3) is 0.579. The van der Waals surface area contributed by atoms with E-state index in [-0.39, 0.29) is 11.6 Å². The lowest BCUT2D eigenvalue weighted by Crippen LogP contribution is -2.49. The van der Waals surface area contributed by atoms with Crippen LogP contribution in [0.25, 0.3) is 0 Å². The molecule has 3 atom stereocenters. The maximum absolute atomic E-state index is 6.43. The zero-order chi connectivity index (χ0) is 18.5. The first-order chi connectivity index (χ1) is 12.4. The van der Waals surface area contributed by atoms with Crippen molar-refractivity contribution in [2.45, 2.75) is 50.8 Å². The number of fused-ring (bicyclic) bond motifs is 2. The largest absolute Gasteiger partial charge is 0.369 e. The first-order valence-electron chi connectivity index (χ1n) is 9.08. The number of halogens is 1. The molecular formula is C19H25ClN4OS. The molecule has 0 aliphatic carbocycles. The Morgan fingerprint density at radius 3 is 2.88 bits per heavy atom. The van der Waals surface area contributed by atoms with Gasteiger partial charge in [-0.15, -0.1) is 11.3 Å². The standard InChI is InChI=1S/C19H25ClN4OS/c1-11-7-14(23-18(22-11)24(3)4)15-10-19(9-12(2)21-15)17-13(5-6-25-19)8-16(20)26-17/h7-8,12,15,21H,5-6,9-10H2,1-4H3/t12-,15-,19-/m0/s1. The van der Waals surface area contributed by atoms with Gasteiger partial charge in [-0.2, -0.15) is 0 Å². The van der Waals surface area contributed by atoms with Crippen molar-refractivity contribution in [3.63, 3.8) is 0 Å². The van der Waals surface area contributed by atoms with Gasteiger partial charge in [-0.05, 0) is 44.4 Å². The number of nitrogens with one attached hydrogen (secondary N) is 1. The molecule has 140 valence electrons. The molecule has 1 fully saturated rings. The average molecular weight is 393 g/mol. The lowest BCUT2D eigenvalue weighted by atomic mass is 9.79. The molecular weight excluding hydrogens is 368 g/mol. The highest BCUT2D eigenvalue weighted by Crippen LogP contribution is 2.49. The molecule has 0 aromatic carbocycles. The predicted octanol–water partition coefficient (Wildman–Crippen LogP) is 3.85. The van der Waals surface area contributed by atoms with Crippen LogP contribution < -0.4 is 10.2 Å². The van der Waals surface area contributed by atoms with Gasteiger partial charge >= 0.3 is 0 Å². The molecule has 0 unspecified atom stereocenters. The topological polar surface area (TPSA) is 50.3 Å². The second kappa shape index (κ2) is 6.75. The Kier molecular flexibility index (Phi) is 4.72. The smallest absolute Gasteiger partial charge is 0.225 e. The lowest BCUT2D eigenvalue weighted by molar-refractivity contribution is -0.0957. The van der Waals surface area contributed by atoms with E-state index in [1.807, 2.05) is 25.9 Å². The van der Waals surface area contributed by atoms with Gasteiger partial charge in [0.2, 0.25) is 5.95 Å². The summed E-state index contributed by atoms with van der Waals surface area (Å²) < 4.78 is 7.29. The number of rotatable bonds is 2. The molecule has 1 saturated heterocycles. The van der Waals surface area contributed by atoms with Gasteiger partial charge in [0.15, 0.2) is 0 Å². The highest BCUT2D eigenvalue weighted by Gasteiger charge is 2.46. The summed E-state index contributed by atoms with van der Waals surface area (Å²) in [5.74, 6) is 0.749. The summed E-state index contributed by atoms with van der Waals surface area (Å²) in [5.41, 5.74) is 3.10. The van der Waals surface area contributed by atoms with Crippen LogP contribution in [-0.2, 0) is 16.8 Å². The summed E-state index contributed by atoms with van der Waals surface area (Å²) in [5, 5.41) is 3.72. The van der Waals surface area contributed by atoms with Gasteiger partial charge in [-0.3, -0.25) is 0 Å². The fourth-order valence-corrected chi connectivity index (χ4v) is 5.67. The van der Waals surface area contributed by atoms with E-state index < -0.39 is 0 Å². The summed E-state index contributed by atoms with van der Waals surface area (Å²) in [6.07, 6.45) is 2.77. The van der Waals surface area contributed by atoms with Gasteiger partial charge in [0, 0.05) is 37.1 Å². The van der Waals surface area contributed by atoms with Crippen molar-refractivity contribution >= 4 is 28.9 Å². The molecule has 2 aliphatic rings. The second-order valence-electron chi connectivity index (χ2n) is 7.65.